The van der Waals surface area contributed by atoms with E-state index in [0.29, 0.717) is 0 Å². The number of amides is 1. The fourth-order valence-electron chi connectivity index (χ4n) is 1.80. The van der Waals surface area contributed by atoms with E-state index in [1.165, 1.54) is 0 Å². The Morgan fingerprint density at radius 3 is 2.31 bits per heavy atom. The van der Waals surface area contributed by atoms with E-state index in [9.17, 15) is 4.79 Å². The van der Waals surface area contributed by atoms with Crippen LogP contribution in [0.5, 0.6) is 0 Å². The predicted octanol–water partition coefficient (Wildman–Crippen LogP) is 0.0105. The molecule has 0 spiro atoms. The minimum absolute atomic E-state index is 0.163. The summed E-state index contributed by atoms with van der Waals surface area (Å²) in [6.45, 7) is 7.67. The lowest BCUT2D eigenvalue weighted by Gasteiger charge is -2.35. The van der Waals surface area contributed by atoms with Crippen LogP contribution in [0.3, 0.4) is 0 Å². The van der Waals surface area contributed by atoms with Crippen molar-refractivity contribution in [3.8, 4) is 0 Å². The third-order valence-electron chi connectivity index (χ3n) is 2.90. The van der Waals surface area contributed by atoms with Crippen molar-refractivity contribution >= 4 is 18.5 Å². The van der Waals surface area contributed by atoms with Gasteiger partial charge in [0.25, 0.3) is 0 Å². The van der Waals surface area contributed by atoms with Gasteiger partial charge in [-0.2, -0.15) is 12.6 Å². The zero-order chi connectivity index (χ0) is 12.1. The Morgan fingerprint density at radius 2 is 1.88 bits per heavy atom. The predicted molar refractivity (Wildman–Crippen MR) is 70.0 cm³/mol. The Kier molecular flexibility index (Phi) is 5.58. The smallest absolute Gasteiger partial charge is 0.235 e. The molecule has 0 bridgehead atoms. The van der Waals surface area contributed by atoms with Crippen LogP contribution < -0.4 is 0 Å². The van der Waals surface area contributed by atoms with Gasteiger partial charge >= 0.3 is 0 Å². The van der Waals surface area contributed by atoms with Gasteiger partial charge in [0.15, 0.2) is 0 Å². The molecule has 1 saturated heterocycles. The Labute approximate surface area is 104 Å². The molecule has 0 aromatic carbocycles. The van der Waals surface area contributed by atoms with Gasteiger partial charge in [-0.25, -0.2) is 0 Å². The maximum absolute atomic E-state index is 11.7. The van der Waals surface area contributed by atoms with Gasteiger partial charge in [0.2, 0.25) is 5.91 Å². The third-order valence-corrected chi connectivity index (χ3v) is 3.13. The monoisotopic (exact) mass is 245 g/mol. The molecule has 1 heterocycles. The molecule has 0 saturated carbocycles. The van der Waals surface area contributed by atoms with Crippen molar-refractivity contribution in [2.75, 3.05) is 53.4 Å². The number of hydrogen-bond donors (Lipinski definition) is 1. The lowest BCUT2D eigenvalue weighted by molar-refractivity contribution is -0.132. The fourth-order valence-corrected chi connectivity index (χ4v) is 1.96. The summed E-state index contributed by atoms with van der Waals surface area (Å²) in [6, 6.07) is 0. The lowest BCUT2D eigenvalue weighted by atomic mass is 10.3. The Hall–Kier alpha value is -0.260. The van der Waals surface area contributed by atoms with Crippen molar-refractivity contribution in [1.82, 2.24) is 14.7 Å². The van der Waals surface area contributed by atoms with Crippen LogP contribution in [-0.2, 0) is 4.79 Å². The van der Waals surface area contributed by atoms with Crippen LogP contribution in [0, 0.1) is 0 Å². The van der Waals surface area contributed by atoms with Gasteiger partial charge < -0.3 is 9.80 Å². The Morgan fingerprint density at radius 1 is 1.31 bits per heavy atom. The highest BCUT2D eigenvalue weighted by Gasteiger charge is 2.22. The molecule has 1 atom stereocenters. The average Bonchev–Trinajstić information content (AvgIpc) is 2.26. The van der Waals surface area contributed by atoms with Crippen molar-refractivity contribution in [3.63, 3.8) is 0 Å². The molecular weight excluding hydrogens is 222 g/mol. The lowest BCUT2D eigenvalue weighted by Crippen LogP contribution is -2.51. The number of nitrogens with zero attached hydrogens (tertiary/aromatic N) is 3. The van der Waals surface area contributed by atoms with Crippen LogP contribution in [0.15, 0.2) is 0 Å². The van der Waals surface area contributed by atoms with Crippen LogP contribution in [0.1, 0.15) is 6.92 Å². The summed E-state index contributed by atoms with van der Waals surface area (Å²) in [7, 11) is 4.17. The van der Waals surface area contributed by atoms with E-state index in [1.807, 2.05) is 11.8 Å². The molecule has 16 heavy (non-hydrogen) atoms. The second-order valence-corrected chi connectivity index (χ2v) is 5.42. The van der Waals surface area contributed by atoms with E-state index >= 15 is 0 Å². The van der Waals surface area contributed by atoms with Crippen LogP contribution in [0.2, 0.25) is 0 Å². The molecule has 0 radical (unpaired) electrons. The second kappa shape index (κ2) is 6.47. The van der Waals surface area contributed by atoms with Gasteiger partial charge in [-0.3, -0.25) is 9.69 Å². The number of rotatable bonds is 4. The van der Waals surface area contributed by atoms with Gasteiger partial charge in [0.05, 0.1) is 5.25 Å². The third kappa shape index (κ3) is 4.31. The van der Waals surface area contributed by atoms with Gasteiger partial charge in [0.1, 0.15) is 0 Å². The molecule has 0 aromatic heterocycles. The summed E-state index contributed by atoms with van der Waals surface area (Å²) in [6.07, 6.45) is 0. The number of hydrogen-bond acceptors (Lipinski definition) is 4. The standard InChI is InChI=1S/C11H23N3OS/c1-10(16)11(15)14-8-6-13(7-9-14)5-4-12(2)3/h10,16H,4-9H2,1-3H3. The van der Waals surface area contributed by atoms with E-state index in [0.717, 1.165) is 39.3 Å². The highest BCUT2D eigenvalue weighted by atomic mass is 32.1. The largest absolute Gasteiger partial charge is 0.339 e. The quantitative estimate of drug-likeness (QED) is 0.707. The summed E-state index contributed by atoms with van der Waals surface area (Å²) < 4.78 is 0. The van der Waals surface area contributed by atoms with Crippen LogP contribution in [0.4, 0.5) is 0 Å². The zero-order valence-electron chi connectivity index (χ0n) is 10.5. The number of piperazine rings is 1. The molecule has 0 aliphatic carbocycles. The summed E-state index contributed by atoms with van der Waals surface area (Å²) in [4.78, 5) is 18.2. The first-order chi connectivity index (χ1) is 7.50. The van der Waals surface area contributed by atoms with Crippen molar-refractivity contribution in [2.45, 2.75) is 12.2 Å². The maximum atomic E-state index is 11.7. The Bertz CT molecular complexity index is 225. The van der Waals surface area contributed by atoms with Gasteiger partial charge in [-0.1, -0.05) is 0 Å². The fraction of sp³-hybridized carbons (Fsp3) is 0.909. The number of likely N-dealkylation sites (N-methyl/N-ethyl adjacent to an activating group) is 1. The first-order valence-electron chi connectivity index (χ1n) is 5.84. The van der Waals surface area contributed by atoms with Crippen molar-refractivity contribution in [1.29, 1.82) is 0 Å². The maximum Gasteiger partial charge on any atom is 0.235 e. The molecular formula is C11H23N3OS. The molecule has 0 aromatic rings. The van der Waals surface area contributed by atoms with Crippen molar-refractivity contribution in [3.05, 3.63) is 0 Å². The van der Waals surface area contributed by atoms with E-state index in [1.54, 1.807) is 0 Å². The molecule has 1 unspecified atom stereocenters. The number of carbonyl (C=O) groups is 1. The zero-order valence-corrected chi connectivity index (χ0v) is 11.4. The summed E-state index contributed by atoms with van der Waals surface area (Å²) in [5, 5.41) is -0.173. The molecule has 94 valence electrons. The van der Waals surface area contributed by atoms with Gasteiger partial charge in [-0.15, -0.1) is 0 Å². The van der Waals surface area contributed by atoms with Gasteiger partial charge in [0, 0.05) is 39.3 Å². The molecule has 0 N–H and O–H groups in total. The number of thiol groups is 1. The summed E-state index contributed by atoms with van der Waals surface area (Å²) in [5.41, 5.74) is 0. The molecule has 4 nitrogen and oxygen atoms in total. The SMILES string of the molecule is CC(S)C(=O)N1CCN(CCN(C)C)CC1. The first-order valence-corrected chi connectivity index (χ1v) is 6.36. The molecule has 1 amide bonds. The topological polar surface area (TPSA) is 26.8 Å². The van der Waals surface area contributed by atoms with E-state index in [4.69, 9.17) is 0 Å². The van der Waals surface area contributed by atoms with E-state index in [2.05, 4.69) is 36.5 Å². The number of carbonyl (C=O) groups excluding carboxylic acids is 1. The molecule has 1 fully saturated rings. The summed E-state index contributed by atoms with van der Waals surface area (Å²) in [5.74, 6) is 0.163. The normalized spacial score (nSPS) is 20.2. The molecule has 5 heteroatoms. The van der Waals surface area contributed by atoms with Crippen molar-refractivity contribution < 1.29 is 4.79 Å². The minimum Gasteiger partial charge on any atom is -0.339 e. The van der Waals surface area contributed by atoms with Gasteiger partial charge in [-0.05, 0) is 21.0 Å². The molecule has 1 rings (SSSR count). The van der Waals surface area contributed by atoms with Crippen LogP contribution in [-0.4, -0.2) is 79.2 Å². The highest BCUT2D eigenvalue weighted by Crippen LogP contribution is 2.06. The van der Waals surface area contributed by atoms with E-state index in [-0.39, 0.29) is 11.2 Å². The second-order valence-electron chi connectivity index (χ2n) is 4.65. The molecule has 1 aliphatic rings. The highest BCUT2D eigenvalue weighted by molar-refractivity contribution is 7.81. The summed E-state index contributed by atoms with van der Waals surface area (Å²) >= 11 is 4.18. The van der Waals surface area contributed by atoms with Crippen LogP contribution >= 0.6 is 12.6 Å². The van der Waals surface area contributed by atoms with Crippen molar-refractivity contribution in [2.24, 2.45) is 0 Å². The Balaban J connectivity index is 2.26. The molecule has 1 aliphatic heterocycles. The first kappa shape index (κ1) is 13.8. The minimum atomic E-state index is -0.173. The average molecular weight is 245 g/mol. The van der Waals surface area contributed by atoms with E-state index < -0.39 is 0 Å². The van der Waals surface area contributed by atoms with Crippen LogP contribution in [0.25, 0.3) is 0 Å².